The largest absolute Gasteiger partial charge is 0.416 e. The Bertz CT molecular complexity index is 1090. The van der Waals surface area contributed by atoms with Gasteiger partial charge < -0.3 is 10.2 Å². The van der Waals surface area contributed by atoms with Crippen molar-refractivity contribution in [1.29, 1.82) is 0 Å². The van der Waals surface area contributed by atoms with Crippen molar-refractivity contribution in [3.8, 4) is 11.4 Å². The van der Waals surface area contributed by atoms with E-state index in [-0.39, 0.29) is 23.8 Å². The number of nitrogens with zero attached hydrogens (tertiary/aromatic N) is 5. The Kier molecular flexibility index (Phi) is 5.62. The van der Waals surface area contributed by atoms with Crippen LogP contribution in [0.1, 0.15) is 24.0 Å². The van der Waals surface area contributed by atoms with E-state index < -0.39 is 11.7 Å². The van der Waals surface area contributed by atoms with Crippen LogP contribution in [-0.4, -0.2) is 39.2 Å². The second kappa shape index (κ2) is 8.37. The van der Waals surface area contributed by atoms with Gasteiger partial charge in [-0.3, -0.25) is 4.79 Å². The van der Waals surface area contributed by atoms with E-state index in [1.807, 2.05) is 25.1 Å². The Morgan fingerprint density at radius 2 is 1.90 bits per heavy atom. The number of aromatic nitrogens is 4. The van der Waals surface area contributed by atoms with Crippen molar-refractivity contribution in [2.24, 2.45) is 0 Å². The van der Waals surface area contributed by atoms with Crippen molar-refractivity contribution in [2.45, 2.75) is 32.5 Å². The first-order chi connectivity index (χ1) is 14.8. The summed E-state index contributed by atoms with van der Waals surface area (Å²) in [6.07, 6.45) is -2.09. The standard InChI is InChI=1S/C21H21F3N6O/c1-14-11-17(29-9-2-3-10-29)7-8-18(14)25-19(31)13-30-27-20(26-28-30)15-5-4-6-16(12-15)21(22,23)24/h4-8,11-12H,2-3,9-10,13H2,1H3,(H,25,31). The molecule has 0 spiro atoms. The van der Waals surface area contributed by atoms with E-state index in [2.05, 4.69) is 25.6 Å². The molecule has 0 radical (unpaired) electrons. The van der Waals surface area contributed by atoms with Gasteiger partial charge in [-0.25, -0.2) is 0 Å². The molecule has 0 atom stereocenters. The minimum atomic E-state index is -4.46. The van der Waals surface area contributed by atoms with E-state index in [0.29, 0.717) is 5.69 Å². The number of nitrogens with one attached hydrogen (secondary N) is 1. The van der Waals surface area contributed by atoms with E-state index in [4.69, 9.17) is 0 Å². The van der Waals surface area contributed by atoms with Crippen LogP contribution in [0.3, 0.4) is 0 Å². The number of anilines is 2. The number of rotatable bonds is 5. The molecule has 1 aromatic heterocycles. The molecule has 31 heavy (non-hydrogen) atoms. The predicted octanol–water partition coefficient (Wildman–Crippen LogP) is 3.91. The summed E-state index contributed by atoms with van der Waals surface area (Å²) in [6, 6.07) is 10.5. The van der Waals surface area contributed by atoms with Crippen LogP contribution >= 0.6 is 0 Å². The molecule has 1 saturated heterocycles. The quantitative estimate of drug-likeness (QED) is 0.664. The second-order valence-corrected chi connectivity index (χ2v) is 7.46. The van der Waals surface area contributed by atoms with Gasteiger partial charge in [-0.2, -0.15) is 18.0 Å². The molecule has 1 aliphatic heterocycles. The number of tetrazole rings is 1. The van der Waals surface area contributed by atoms with Gasteiger partial charge in [0, 0.05) is 30.0 Å². The Morgan fingerprint density at radius 3 is 2.61 bits per heavy atom. The van der Waals surface area contributed by atoms with Gasteiger partial charge in [-0.15, -0.1) is 10.2 Å². The molecule has 1 fully saturated rings. The van der Waals surface area contributed by atoms with Crippen LogP contribution < -0.4 is 10.2 Å². The fraction of sp³-hybridized carbons (Fsp3) is 0.333. The topological polar surface area (TPSA) is 75.9 Å². The molecule has 2 aromatic carbocycles. The third kappa shape index (κ3) is 4.84. The van der Waals surface area contributed by atoms with E-state index in [1.165, 1.54) is 25.0 Å². The van der Waals surface area contributed by atoms with Gasteiger partial charge in [0.05, 0.1) is 5.56 Å². The summed E-state index contributed by atoms with van der Waals surface area (Å²) in [6.45, 7) is 3.79. The van der Waals surface area contributed by atoms with Gasteiger partial charge in [-0.1, -0.05) is 12.1 Å². The molecule has 0 saturated carbocycles. The highest BCUT2D eigenvalue weighted by atomic mass is 19.4. The van der Waals surface area contributed by atoms with Crippen LogP contribution in [0.25, 0.3) is 11.4 Å². The average molecular weight is 430 g/mol. The third-order valence-corrected chi connectivity index (χ3v) is 5.14. The molecule has 2 heterocycles. The maximum Gasteiger partial charge on any atom is 0.416 e. The minimum absolute atomic E-state index is 0.0186. The Labute approximate surface area is 176 Å². The summed E-state index contributed by atoms with van der Waals surface area (Å²) in [5.41, 5.74) is 2.14. The number of alkyl halides is 3. The number of benzene rings is 2. The van der Waals surface area contributed by atoms with Crippen LogP contribution in [0.4, 0.5) is 24.5 Å². The Hall–Kier alpha value is -3.43. The number of hydrogen-bond donors (Lipinski definition) is 1. The minimum Gasteiger partial charge on any atom is -0.372 e. The van der Waals surface area contributed by atoms with E-state index in [9.17, 15) is 18.0 Å². The lowest BCUT2D eigenvalue weighted by atomic mass is 10.1. The zero-order valence-corrected chi connectivity index (χ0v) is 16.9. The summed E-state index contributed by atoms with van der Waals surface area (Å²) in [5.74, 6) is -0.338. The molecule has 3 aromatic rings. The second-order valence-electron chi connectivity index (χ2n) is 7.46. The van der Waals surface area contributed by atoms with Crippen molar-refractivity contribution >= 4 is 17.3 Å². The lowest BCUT2D eigenvalue weighted by Crippen LogP contribution is -2.21. The summed E-state index contributed by atoms with van der Waals surface area (Å²) in [5, 5.41) is 14.4. The molecule has 0 bridgehead atoms. The van der Waals surface area contributed by atoms with Gasteiger partial charge >= 0.3 is 6.18 Å². The highest BCUT2D eigenvalue weighted by Gasteiger charge is 2.30. The van der Waals surface area contributed by atoms with Crippen LogP contribution in [0.5, 0.6) is 0 Å². The average Bonchev–Trinajstić information content (AvgIpc) is 3.41. The number of aryl methyl sites for hydroxylation is 1. The maximum absolute atomic E-state index is 12.9. The first-order valence-corrected chi connectivity index (χ1v) is 9.90. The molecular formula is C21H21F3N6O. The predicted molar refractivity (Wildman–Crippen MR) is 110 cm³/mol. The molecule has 7 nitrogen and oxygen atoms in total. The number of carbonyl (C=O) groups is 1. The third-order valence-electron chi connectivity index (χ3n) is 5.14. The van der Waals surface area contributed by atoms with E-state index in [0.717, 1.165) is 41.3 Å². The van der Waals surface area contributed by atoms with Crippen LogP contribution in [-0.2, 0) is 17.5 Å². The molecule has 162 valence electrons. The number of amides is 1. The lowest BCUT2D eigenvalue weighted by Gasteiger charge is -2.19. The number of hydrogen-bond acceptors (Lipinski definition) is 5. The lowest BCUT2D eigenvalue weighted by molar-refractivity contribution is -0.137. The van der Waals surface area contributed by atoms with Crippen molar-refractivity contribution in [3.63, 3.8) is 0 Å². The van der Waals surface area contributed by atoms with Crippen molar-refractivity contribution in [3.05, 3.63) is 53.6 Å². The highest BCUT2D eigenvalue weighted by molar-refractivity contribution is 5.91. The zero-order chi connectivity index (χ0) is 22.0. The smallest absolute Gasteiger partial charge is 0.372 e. The summed E-state index contributed by atoms with van der Waals surface area (Å²) in [7, 11) is 0. The van der Waals surface area contributed by atoms with Crippen LogP contribution in [0, 0.1) is 6.92 Å². The molecular weight excluding hydrogens is 409 g/mol. The first-order valence-electron chi connectivity index (χ1n) is 9.90. The fourth-order valence-electron chi connectivity index (χ4n) is 3.54. The van der Waals surface area contributed by atoms with Gasteiger partial charge in [0.25, 0.3) is 0 Å². The SMILES string of the molecule is Cc1cc(N2CCCC2)ccc1NC(=O)Cn1nnc(-c2cccc(C(F)(F)F)c2)n1. The summed E-state index contributed by atoms with van der Waals surface area (Å²) < 4.78 is 38.7. The van der Waals surface area contributed by atoms with Crippen molar-refractivity contribution in [2.75, 3.05) is 23.3 Å². The van der Waals surface area contributed by atoms with Gasteiger partial charge in [-0.05, 0) is 60.9 Å². The van der Waals surface area contributed by atoms with Gasteiger partial charge in [0.2, 0.25) is 11.7 Å². The number of halogens is 3. The molecule has 1 amide bonds. The monoisotopic (exact) mass is 430 g/mol. The molecule has 1 aliphatic rings. The van der Waals surface area contributed by atoms with Gasteiger partial charge in [0.1, 0.15) is 6.54 Å². The van der Waals surface area contributed by atoms with E-state index in [1.54, 1.807) is 0 Å². The number of carbonyl (C=O) groups excluding carboxylic acids is 1. The Morgan fingerprint density at radius 1 is 1.13 bits per heavy atom. The molecule has 10 heteroatoms. The Balaban J connectivity index is 1.41. The van der Waals surface area contributed by atoms with E-state index >= 15 is 0 Å². The maximum atomic E-state index is 12.9. The van der Waals surface area contributed by atoms with Crippen molar-refractivity contribution < 1.29 is 18.0 Å². The summed E-state index contributed by atoms with van der Waals surface area (Å²) in [4.78, 5) is 15.8. The fourth-order valence-corrected chi connectivity index (χ4v) is 3.54. The molecule has 0 aliphatic carbocycles. The molecule has 1 N–H and O–H groups in total. The highest BCUT2D eigenvalue weighted by Crippen LogP contribution is 2.31. The summed E-state index contributed by atoms with van der Waals surface area (Å²) >= 11 is 0. The van der Waals surface area contributed by atoms with Crippen molar-refractivity contribution in [1.82, 2.24) is 20.2 Å². The van der Waals surface area contributed by atoms with Crippen LogP contribution in [0.2, 0.25) is 0 Å². The normalized spacial score (nSPS) is 14.1. The first kappa shape index (κ1) is 20.8. The molecule has 4 rings (SSSR count). The molecule has 0 unspecified atom stereocenters. The zero-order valence-electron chi connectivity index (χ0n) is 16.9. The van der Waals surface area contributed by atoms with Gasteiger partial charge in [0.15, 0.2) is 0 Å². The van der Waals surface area contributed by atoms with Crippen LogP contribution in [0.15, 0.2) is 42.5 Å².